The van der Waals surface area contributed by atoms with Crippen LogP contribution in [0.15, 0.2) is 29.3 Å². The third kappa shape index (κ3) is 2.59. The Morgan fingerprint density at radius 2 is 2.10 bits per heavy atom. The number of carbonyl (C=O) groups excluding carboxylic acids is 1. The first-order valence-corrected chi connectivity index (χ1v) is 8.09. The van der Waals surface area contributed by atoms with Crippen molar-refractivity contribution < 1.29 is 13.2 Å². The number of fused-ring (bicyclic) bond motifs is 1. The van der Waals surface area contributed by atoms with Crippen molar-refractivity contribution in [2.24, 2.45) is 16.8 Å². The standard InChI is InChI=1S/C13H16N4O3S/c14-13(18)8-3-4-17(7-8)10-1-2-11-9(5-10)6-12(16-11)21(15,19)20/h1-2,5-6,8,16H,3-4,7H2,(H2,14,18)(H2,15,19,20). The topological polar surface area (TPSA) is 122 Å². The number of nitrogens with two attached hydrogens (primary N) is 2. The van der Waals surface area contributed by atoms with E-state index >= 15 is 0 Å². The van der Waals surface area contributed by atoms with E-state index in [1.807, 2.05) is 12.1 Å². The SMILES string of the molecule is NC(=O)C1CCN(c2ccc3[nH]c(S(N)(=O)=O)cc3c2)C1. The number of nitrogens with one attached hydrogen (secondary N) is 1. The number of primary amides is 1. The number of carbonyl (C=O) groups is 1. The van der Waals surface area contributed by atoms with Crippen molar-refractivity contribution in [3.63, 3.8) is 0 Å². The lowest BCUT2D eigenvalue weighted by Gasteiger charge is -2.18. The number of aromatic amines is 1. The lowest BCUT2D eigenvalue weighted by atomic mass is 10.1. The highest BCUT2D eigenvalue weighted by atomic mass is 32.2. The molecule has 0 bridgehead atoms. The largest absolute Gasteiger partial charge is 0.371 e. The number of nitrogens with zero attached hydrogens (tertiary/aromatic N) is 1. The summed E-state index contributed by atoms with van der Waals surface area (Å²) in [5.74, 6) is -0.413. The minimum absolute atomic E-state index is 0.00826. The van der Waals surface area contributed by atoms with E-state index in [9.17, 15) is 13.2 Å². The molecule has 1 fully saturated rings. The molecule has 2 heterocycles. The van der Waals surface area contributed by atoms with Crippen molar-refractivity contribution in [2.75, 3.05) is 18.0 Å². The second kappa shape index (κ2) is 4.74. The Morgan fingerprint density at radius 3 is 2.71 bits per heavy atom. The number of anilines is 1. The number of sulfonamides is 1. The summed E-state index contributed by atoms with van der Waals surface area (Å²) >= 11 is 0. The Balaban J connectivity index is 1.93. The van der Waals surface area contributed by atoms with Crippen LogP contribution < -0.4 is 15.8 Å². The van der Waals surface area contributed by atoms with Gasteiger partial charge in [-0.3, -0.25) is 4.79 Å². The molecule has 1 aliphatic heterocycles. The van der Waals surface area contributed by atoms with Gasteiger partial charge in [0.25, 0.3) is 10.0 Å². The van der Waals surface area contributed by atoms with Crippen LogP contribution in [0.25, 0.3) is 10.9 Å². The lowest BCUT2D eigenvalue weighted by Crippen LogP contribution is -2.27. The van der Waals surface area contributed by atoms with Crippen LogP contribution in [0.3, 0.4) is 0 Å². The minimum atomic E-state index is -3.75. The molecule has 1 aromatic heterocycles. The summed E-state index contributed by atoms with van der Waals surface area (Å²) < 4.78 is 22.7. The van der Waals surface area contributed by atoms with Crippen molar-refractivity contribution in [1.29, 1.82) is 0 Å². The number of amides is 1. The highest BCUT2D eigenvalue weighted by molar-refractivity contribution is 7.89. The van der Waals surface area contributed by atoms with Crippen LogP contribution >= 0.6 is 0 Å². The molecule has 1 aromatic carbocycles. The zero-order chi connectivity index (χ0) is 15.2. The zero-order valence-corrected chi connectivity index (χ0v) is 12.1. The maximum atomic E-state index is 11.3. The van der Waals surface area contributed by atoms with Gasteiger partial charge in [-0.1, -0.05) is 0 Å². The Hall–Kier alpha value is -2.06. The van der Waals surface area contributed by atoms with Crippen LogP contribution in [0.5, 0.6) is 0 Å². The van der Waals surface area contributed by atoms with Gasteiger partial charge in [0.15, 0.2) is 0 Å². The number of hydrogen-bond donors (Lipinski definition) is 3. The van der Waals surface area contributed by atoms with E-state index in [1.54, 1.807) is 6.07 Å². The molecule has 1 amide bonds. The molecule has 1 atom stereocenters. The smallest absolute Gasteiger partial charge is 0.253 e. The lowest BCUT2D eigenvalue weighted by molar-refractivity contribution is -0.121. The van der Waals surface area contributed by atoms with Crippen molar-refractivity contribution in [3.05, 3.63) is 24.3 Å². The summed E-state index contributed by atoms with van der Waals surface area (Å²) in [6.07, 6.45) is 0.739. The number of hydrogen-bond acceptors (Lipinski definition) is 4. The molecule has 1 unspecified atom stereocenters. The molecule has 21 heavy (non-hydrogen) atoms. The Kier molecular flexibility index (Phi) is 3.14. The minimum Gasteiger partial charge on any atom is -0.371 e. The van der Waals surface area contributed by atoms with E-state index in [4.69, 9.17) is 10.9 Å². The Labute approximate surface area is 122 Å². The first-order valence-electron chi connectivity index (χ1n) is 6.54. The van der Waals surface area contributed by atoms with Crippen LogP contribution in [0.1, 0.15) is 6.42 Å². The van der Waals surface area contributed by atoms with Crippen LogP contribution in [-0.4, -0.2) is 32.4 Å². The second-order valence-electron chi connectivity index (χ2n) is 5.28. The molecule has 0 aliphatic carbocycles. The third-order valence-corrected chi connectivity index (χ3v) is 4.67. The molecule has 8 heteroatoms. The Bertz CT molecular complexity index is 812. The average molecular weight is 308 g/mol. The van der Waals surface area contributed by atoms with Gasteiger partial charge in [-0.2, -0.15) is 0 Å². The van der Waals surface area contributed by atoms with Crippen LogP contribution in [0.2, 0.25) is 0 Å². The first kappa shape index (κ1) is 13.9. The van der Waals surface area contributed by atoms with E-state index in [0.29, 0.717) is 12.1 Å². The number of aromatic nitrogens is 1. The van der Waals surface area contributed by atoms with Crippen LogP contribution in [-0.2, 0) is 14.8 Å². The molecule has 1 saturated heterocycles. The molecule has 5 N–H and O–H groups in total. The van der Waals surface area contributed by atoms with Gasteiger partial charge in [0.05, 0.1) is 5.92 Å². The fourth-order valence-electron chi connectivity index (χ4n) is 2.67. The van der Waals surface area contributed by atoms with Crippen molar-refractivity contribution in [2.45, 2.75) is 11.4 Å². The van der Waals surface area contributed by atoms with Gasteiger partial charge in [-0.05, 0) is 30.7 Å². The van der Waals surface area contributed by atoms with Crippen molar-refractivity contribution in [3.8, 4) is 0 Å². The molecule has 7 nitrogen and oxygen atoms in total. The molecule has 0 spiro atoms. The highest BCUT2D eigenvalue weighted by Gasteiger charge is 2.26. The van der Waals surface area contributed by atoms with Gasteiger partial charge >= 0.3 is 0 Å². The summed E-state index contributed by atoms with van der Waals surface area (Å²) in [5, 5.41) is 5.87. The number of primary sulfonamides is 1. The van der Waals surface area contributed by atoms with E-state index in [2.05, 4.69) is 9.88 Å². The molecule has 112 valence electrons. The summed E-state index contributed by atoms with van der Waals surface area (Å²) in [5.41, 5.74) is 6.97. The average Bonchev–Trinajstić information content (AvgIpc) is 3.04. The maximum absolute atomic E-state index is 11.3. The highest BCUT2D eigenvalue weighted by Crippen LogP contribution is 2.28. The van der Waals surface area contributed by atoms with Gasteiger partial charge < -0.3 is 15.6 Å². The van der Waals surface area contributed by atoms with Gasteiger partial charge in [-0.15, -0.1) is 0 Å². The Morgan fingerprint density at radius 1 is 1.33 bits per heavy atom. The maximum Gasteiger partial charge on any atom is 0.253 e. The molecule has 1 aliphatic rings. The van der Waals surface area contributed by atoms with E-state index < -0.39 is 10.0 Å². The monoisotopic (exact) mass is 308 g/mol. The quantitative estimate of drug-likeness (QED) is 0.745. The van der Waals surface area contributed by atoms with Crippen LogP contribution in [0, 0.1) is 5.92 Å². The fourth-order valence-corrected chi connectivity index (χ4v) is 3.21. The summed E-state index contributed by atoms with van der Waals surface area (Å²) in [7, 11) is -3.75. The molecule has 0 radical (unpaired) electrons. The first-order chi connectivity index (χ1) is 9.84. The summed E-state index contributed by atoms with van der Waals surface area (Å²) in [6, 6.07) is 7.08. The zero-order valence-electron chi connectivity index (χ0n) is 11.2. The summed E-state index contributed by atoms with van der Waals surface area (Å²) in [4.78, 5) is 16.1. The molecule has 0 saturated carbocycles. The van der Waals surface area contributed by atoms with E-state index in [1.165, 1.54) is 6.07 Å². The van der Waals surface area contributed by atoms with Gasteiger partial charge in [0.1, 0.15) is 5.03 Å². The predicted molar refractivity (Wildman–Crippen MR) is 79.2 cm³/mol. The van der Waals surface area contributed by atoms with Gasteiger partial charge in [0.2, 0.25) is 5.91 Å². The van der Waals surface area contributed by atoms with Gasteiger partial charge in [0, 0.05) is 29.7 Å². The number of benzene rings is 1. The van der Waals surface area contributed by atoms with Crippen molar-refractivity contribution >= 4 is 32.5 Å². The summed E-state index contributed by atoms with van der Waals surface area (Å²) in [6.45, 7) is 1.35. The molecule has 2 aromatic rings. The normalized spacial score (nSPS) is 19.3. The fraction of sp³-hybridized carbons (Fsp3) is 0.308. The molecular weight excluding hydrogens is 292 g/mol. The van der Waals surface area contributed by atoms with E-state index in [0.717, 1.165) is 24.0 Å². The second-order valence-corrected chi connectivity index (χ2v) is 6.81. The molecule has 3 rings (SSSR count). The van der Waals surface area contributed by atoms with E-state index in [-0.39, 0.29) is 16.9 Å². The van der Waals surface area contributed by atoms with Crippen molar-refractivity contribution in [1.82, 2.24) is 4.98 Å². The van der Waals surface area contributed by atoms with Crippen LogP contribution in [0.4, 0.5) is 5.69 Å². The third-order valence-electron chi connectivity index (χ3n) is 3.84. The number of rotatable bonds is 3. The van der Waals surface area contributed by atoms with Gasteiger partial charge in [-0.25, -0.2) is 13.6 Å². The predicted octanol–water partition coefficient (Wildman–Crippen LogP) is 0.127. The molecular formula is C13H16N4O3S. The number of H-pyrrole nitrogens is 1.